The number of benzene rings is 1. The Balaban J connectivity index is 2.05. The fraction of sp³-hybridized carbons (Fsp3) is 0.476. The maximum Gasteiger partial charge on any atom is 0.423 e. The van der Waals surface area contributed by atoms with Crippen LogP contribution >= 0.6 is 11.3 Å². The SMILES string of the molecule is CC(C)(C)c1cn(C[C@H]2CCCO2)c(=NC(=O)c2cc(C(F)(F)F)ccc2NNC(=O)O)s1. The van der Waals surface area contributed by atoms with Crippen LogP contribution in [0.4, 0.5) is 23.7 Å². The van der Waals surface area contributed by atoms with Crippen LogP contribution in [0.1, 0.15) is 54.4 Å². The van der Waals surface area contributed by atoms with Crippen molar-refractivity contribution in [3.8, 4) is 0 Å². The van der Waals surface area contributed by atoms with Crippen molar-refractivity contribution in [2.75, 3.05) is 12.0 Å². The van der Waals surface area contributed by atoms with Crippen molar-refractivity contribution < 1.29 is 32.6 Å². The van der Waals surface area contributed by atoms with E-state index in [1.807, 2.05) is 32.4 Å². The molecular formula is C21H25F3N4O4S. The third-order valence-electron chi connectivity index (χ3n) is 4.96. The van der Waals surface area contributed by atoms with Crippen molar-refractivity contribution in [2.24, 2.45) is 4.99 Å². The van der Waals surface area contributed by atoms with Gasteiger partial charge in [0, 0.05) is 17.7 Å². The number of carboxylic acid groups (broad SMARTS) is 1. The Bertz CT molecular complexity index is 1100. The van der Waals surface area contributed by atoms with Crippen LogP contribution < -0.4 is 15.7 Å². The number of hydrogen-bond donors (Lipinski definition) is 3. The van der Waals surface area contributed by atoms with Gasteiger partial charge in [-0.15, -0.1) is 11.3 Å². The van der Waals surface area contributed by atoms with Gasteiger partial charge in [-0.25, -0.2) is 10.2 Å². The molecule has 1 saturated heterocycles. The third kappa shape index (κ3) is 6.35. The Morgan fingerprint density at radius 1 is 1.30 bits per heavy atom. The van der Waals surface area contributed by atoms with Crippen LogP contribution in [0.15, 0.2) is 29.4 Å². The summed E-state index contributed by atoms with van der Waals surface area (Å²) in [5.74, 6) is -0.931. The lowest BCUT2D eigenvalue weighted by atomic mass is 9.95. The van der Waals surface area contributed by atoms with E-state index >= 15 is 0 Å². The fourth-order valence-corrected chi connectivity index (χ4v) is 4.28. The lowest BCUT2D eigenvalue weighted by Crippen LogP contribution is -2.28. The summed E-state index contributed by atoms with van der Waals surface area (Å²) in [6, 6.07) is 2.39. The molecule has 1 aromatic carbocycles. The number of halogens is 3. The van der Waals surface area contributed by atoms with E-state index in [0.717, 1.165) is 29.9 Å². The van der Waals surface area contributed by atoms with Crippen LogP contribution in [0.25, 0.3) is 0 Å². The van der Waals surface area contributed by atoms with Gasteiger partial charge >= 0.3 is 12.3 Å². The first-order valence-corrected chi connectivity index (χ1v) is 11.0. The van der Waals surface area contributed by atoms with Crippen LogP contribution in [0.2, 0.25) is 0 Å². The van der Waals surface area contributed by atoms with E-state index in [4.69, 9.17) is 9.84 Å². The average molecular weight is 487 g/mol. The summed E-state index contributed by atoms with van der Waals surface area (Å²) in [6.07, 6.45) is -2.50. The van der Waals surface area contributed by atoms with Gasteiger partial charge in [0.05, 0.1) is 29.5 Å². The summed E-state index contributed by atoms with van der Waals surface area (Å²) in [5.41, 5.74) is 2.25. The molecule has 0 radical (unpaired) electrons. The number of hydrogen-bond acceptors (Lipinski definition) is 5. The molecule has 0 unspecified atom stereocenters. The standard InChI is InChI=1S/C21H25F3N4O4S/c1-20(2,3)16-11-28(10-13-5-4-8-32-13)18(33-16)25-17(29)14-9-12(21(22,23)24)6-7-15(14)26-27-19(30)31/h6-7,9,11,13,26-27H,4-5,8,10H2,1-3H3,(H,30,31)/t13-/m1/s1. The molecule has 0 bridgehead atoms. The van der Waals surface area contributed by atoms with Crippen LogP contribution in [0.5, 0.6) is 0 Å². The van der Waals surface area contributed by atoms with E-state index in [-0.39, 0.29) is 17.2 Å². The fourth-order valence-electron chi connectivity index (χ4n) is 3.23. The predicted molar refractivity (Wildman–Crippen MR) is 116 cm³/mol. The summed E-state index contributed by atoms with van der Waals surface area (Å²) in [7, 11) is 0. The Kier molecular flexibility index (Phi) is 7.17. The van der Waals surface area contributed by atoms with Gasteiger partial charge in [0.1, 0.15) is 0 Å². The summed E-state index contributed by atoms with van der Waals surface area (Å²) >= 11 is 1.27. The number of thiazole rings is 1. The second-order valence-corrected chi connectivity index (χ2v) is 9.65. The molecule has 0 aliphatic carbocycles. The number of nitrogens with one attached hydrogen (secondary N) is 2. The van der Waals surface area contributed by atoms with E-state index in [2.05, 4.69) is 10.4 Å². The zero-order valence-corrected chi connectivity index (χ0v) is 19.1. The number of amides is 2. The highest BCUT2D eigenvalue weighted by molar-refractivity contribution is 7.09. The van der Waals surface area contributed by atoms with Crippen molar-refractivity contribution in [3.63, 3.8) is 0 Å². The van der Waals surface area contributed by atoms with E-state index in [1.54, 1.807) is 4.57 Å². The molecule has 1 atom stereocenters. The maximum absolute atomic E-state index is 13.2. The van der Waals surface area contributed by atoms with Gasteiger partial charge in [-0.05, 0) is 36.5 Å². The summed E-state index contributed by atoms with van der Waals surface area (Å²) in [5, 5.41) is 8.80. The molecule has 0 saturated carbocycles. The molecule has 2 aromatic rings. The first kappa shape index (κ1) is 24.8. The van der Waals surface area contributed by atoms with E-state index in [9.17, 15) is 22.8 Å². The zero-order valence-electron chi connectivity index (χ0n) is 18.3. The van der Waals surface area contributed by atoms with Gasteiger partial charge in [-0.2, -0.15) is 18.2 Å². The van der Waals surface area contributed by atoms with Gasteiger partial charge in [-0.1, -0.05) is 20.8 Å². The molecule has 1 aliphatic rings. The predicted octanol–water partition coefficient (Wildman–Crippen LogP) is 4.38. The average Bonchev–Trinajstić information content (AvgIpc) is 3.36. The molecule has 8 nitrogen and oxygen atoms in total. The Hall–Kier alpha value is -2.86. The third-order valence-corrected chi connectivity index (χ3v) is 6.41. The van der Waals surface area contributed by atoms with Crippen LogP contribution in [0.3, 0.4) is 0 Å². The molecule has 3 rings (SSSR count). The smallest absolute Gasteiger partial charge is 0.423 e. The van der Waals surface area contributed by atoms with Crippen molar-refractivity contribution in [3.05, 3.63) is 45.2 Å². The monoisotopic (exact) mass is 486 g/mol. The minimum Gasteiger partial charge on any atom is -0.464 e. The number of ether oxygens (including phenoxy) is 1. The molecule has 33 heavy (non-hydrogen) atoms. The zero-order chi connectivity index (χ0) is 24.4. The quantitative estimate of drug-likeness (QED) is 0.544. The second-order valence-electron chi connectivity index (χ2n) is 8.65. The molecule has 12 heteroatoms. The highest BCUT2D eigenvalue weighted by atomic mass is 32.1. The molecule has 1 aromatic heterocycles. The van der Waals surface area contributed by atoms with Crippen molar-refractivity contribution >= 4 is 29.0 Å². The van der Waals surface area contributed by atoms with Gasteiger partial charge in [0.2, 0.25) is 0 Å². The summed E-state index contributed by atoms with van der Waals surface area (Å²) < 4.78 is 47.2. The van der Waals surface area contributed by atoms with Crippen molar-refractivity contribution in [1.29, 1.82) is 0 Å². The first-order valence-electron chi connectivity index (χ1n) is 10.2. The molecule has 3 N–H and O–H groups in total. The summed E-state index contributed by atoms with van der Waals surface area (Å²) in [4.78, 5) is 29.2. The summed E-state index contributed by atoms with van der Waals surface area (Å²) in [6.45, 7) is 7.14. The topological polar surface area (TPSA) is 105 Å². The minimum absolute atomic E-state index is 0.0352. The number of anilines is 1. The number of nitrogens with zero attached hydrogens (tertiary/aromatic N) is 2. The molecule has 2 amide bonds. The van der Waals surface area contributed by atoms with Gasteiger partial charge < -0.3 is 14.4 Å². The van der Waals surface area contributed by atoms with Crippen LogP contribution in [-0.4, -0.2) is 34.4 Å². The Labute approximate surface area is 192 Å². The number of carbonyl (C=O) groups is 2. The van der Waals surface area contributed by atoms with E-state index in [1.165, 1.54) is 11.3 Å². The molecule has 180 valence electrons. The van der Waals surface area contributed by atoms with Crippen molar-refractivity contribution in [2.45, 2.75) is 57.9 Å². The molecule has 0 spiro atoms. The number of hydrazine groups is 1. The Morgan fingerprint density at radius 2 is 2.03 bits per heavy atom. The van der Waals surface area contributed by atoms with E-state index in [0.29, 0.717) is 24.0 Å². The number of aromatic nitrogens is 1. The lowest BCUT2D eigenvalue weighted by molar-refractivity contribution is -0.137. The van der Waals surface area contributed by atoms with Gasteiger partial charge in [0.25, 0.3) is 5.91 Å². The number of rotatable bonds is 5. The maximum atomic E-state index is 13.2. The molecule has 2 heterocycles. The second kappa shape index (κ2) is 9.56. The molecular weight excluding hydrogens is 461 g/mol. The lowest BCUT2D eigenvalue weighted by Gasteiger charge is -2.15. The van der Waals surface area contributed by atoms with E-state index < -0.39 is 29.3 Å². The first-order chi connectivity index (χ1) is 15.3. The van der Waals surface area contributed by atoms with Gasteiger partial charge in [-0.3, -0.25) is 10.2 Å². The Morgan fingerprint density at radius 3 is 2.61 bits per heavy atom. The largest absolute Gasteiger partial charge is 0.464 e. The number of carbonyl (C=O) groups excluding carboxylic acids is 1. The highest BCUT2D eigenvalue weighted by Crippen LogP contribution is 2.32. The highest BCUT2D eigenvalue weighted by Gasteiger charge is 2.32. The number of alkyl halides is 3. The van der Waals surface area contributed by atoms with Gasteiger partial charge in [0.15, 0.2) is 4.80 Å². The minimum atomic E-state index is -4.68. The van der Waals surface area contributed by atoms with Crippen LogP contribution in [0, 0.1) is 0 Å². The van der Waals surface area contributed by atoms with Crippen LogP contribution in [-0.2, 0) is 22.9 Å². The van der Waals surface area contributed by atoms with Crippen molar-refractivity contribution in [1.82, 2.24) is 9.99 Å². The molecule has 1 aliphatic heterocycles. The molecule has 1 fully saturated rings. The normalized spacial score (nSPS) is 17.3.